The molecule has 0 saturated carbocycles. The van der Waals surface area contributed by atoms with Gasteiger partial charge >= 0.3 is 0 Å². The van der Waals surface area contributed by atoms with Crippen LogP contribution in [0.5, 0.6) is 5.75 Å². The number of amides is 1. The molecule has 2 rings (SSSR count). The van der Waals surface area contributed by atoms with E-state index in [1.807, 2.05) is 38.2 Å². The number of phenolic OH excluding ortho intramolecular Hbond substituents is 1. The van der Waals surface area contributed by atoms with E-state index in [-0.39, 0.29) is 11.7 Å². The molecule has 0 aliphatic rings. The molecule has 20 heavy (non-hydrogen) atoms. The quantitative estimate of drug-likeness (QED) is 0.927. The first-order chi connectivity index (χ1) is 9.56. The van der Waals surface area contributed by atoms with E-state index in [4.69, 9.17) is 0 Å². The molecule has 0 unspecified atom stereocenters. The van der Waals surface area contributed by atoms with Gasteiger partial charge in [0.1, 0.15) is 5.75 Å². The molecule has 3 heteroatoms. The number of aromatic hydroxyl groups is 1. The zero-order valence-electron chi connectivity index (χ0n) is 11.8. The molecule has 2 aromatic carbocycles. The number of phenols is 1. The van der Waals surface area contributed by atoms with Gasteiger partial charge in [-0.15, -0.1) is 0 Å². The monoisotopic (exact) mass is 269 g/mol. The van der Waals surface area contributed by atoms with Gasteiger partial charge in [0.2, 0.25) is 5.91 Å². The van der Waals surface area contributed by atoms with Gasteiger partial charge < -0.3 is 10.0 Å². The first-order valence-corrected chi connectivity index (χ1v) is 6.62. The first kappa shape index (κ1) is 14.1. The van der Waals surface area contributed by atoms with Crippen LogP contribution in [0.3, 0.4) is 0 Å². The number of rotatable bonds is 4. The minimum Gasteiger partial charge on any atom is -0.508 e. The molecular weight excluding hydrogens is 250 g/mol. The normalized spacial score (nSPS) is 10.3. The van der Waals surface area contributed by atoms with Crippen LogP contribution in [0.2, 0.25) is 0 Å². The van der Waals surface area contributed by atoms with Crippen molar-refractivity contribution in [1.82, 2.24) is 4.90 Å². The molecule has 104 valence electrons. The highest BCUT2D eigenvalue weighted by Gasteiger charge is 2.11. The topological polar surface area (TPSA) is 40.5 Å². The van der Waals surface area contributed by atoms with Crippen molar-refractivity contribution in [2.45, 2.75) is 19.9 Å². The fourth-order valence-corrected chi connectivity index (χ4v) is 2.05. The maximum Gasteiger partial charge on any atom is 0.227 e. The predicted octanol–water partition coefficient (Wildman–Crippen LogP) is 2.90. The Bertz CT molecular complexity index is 590. The van der Waals surface area contributed by atoms with Gasteiger partial charge in [-0.3, -0.25) is 4.79 Å². The van der Waals surface area contributed by atoms with Crippen LogP contribution in [0.15, 0.2) is 48.5 Å². The van der Waals surface area contributed by atoms with Crippen molar-refractivity contribution in [3.63, 3.8) is 0 Å². The predicted molar refractivity (Wildman–Crippen MR) is 79.5 cm³/mol. The van der Waals surface area contributed by atoms with Gasteiger partial charge in [0.15, 0.2) is 0 Å². The number of hydrogen-bond donors (Lipinski definition) is 1. The van der Waals surface area contributed by atoms with Crippen LogP contribution in [-0.2, 0) is 17.8 Å². The first-order valence-electron chi connectivity index (χ1n) is 6.62. The van der Waals surface area contributed by atoms with Crippen LogP contribution in [0.4, 0.5) is 0 Å². The van der Waals surface area contributed by atoms with E-state index in [1.165, 1.54) is 5.56 Å². The summed E-state index contributed by atoms with van der Waals surface area (Å²) in [6, 6.07) is 14.8. The highest BCUT2D eigenvalue weighted by Crippen LogP contribution is 2.13. The van der Waals surface area contributed by atoms with E-state index in [1.54, 1.807) is 29.2 Å². The van der Waals surface area contributed by atoms with Crippen LogP contribution < -0.4 is 0 Å². The number of carbonyl (C=O) groups is 1. The van der Waals surface area contributed by atoms with Crippen molar-refractivity contribution in [2.75, 3.05) is 7.05 Å². The summed E-state index contributed by atoms with van der Waals surface area (Å²) in [5.41, 5.74) is 3.26. The molecule has 0 heterocycles. The lowest BCUT2D eigenvalue weighted by Gasteiger charge is -2.18. The lowest BCUT2D eigenvalue weighted by molar-refractivity contribution is -0.129. The molecule has 0 spiro atoms. The summed E-state index contributed by atoms with van der Waals surface area (Å²) in [4.78, 5) is 13.9. The second-order valence-corrected chi connectivity index (χ2v) is 5.02. The lowest BCUT2D eigenvalue weighted by Crippen LogP contribution is -2.28. The van der Waals surface area contributed by atoms with Crippen molar-refractivity contribution in [3.8, 4) is 5.75 Å². The van der Waals surface area contributed by atoms with Gasteiger partial charge in [0.25, 0.3) is 0 Å². The summed E-state index contributed by atoms with van der Waals surface area (Å²) in [6.45, 7) is 2.66. The molecule has 1 amide bonds. The average molecular weight is 269 g/mol. The summed E-state index contributed by atoms with van der Waals surface area (Å²) in [5.74, 6) is 0.286. The average Bonchev–Trinajstić information content (AvgIpc) is 2.44. The highest BCUT2D eigenvalue weighted by atomic mass is 16.3. The molecule has 0 bridgehead atoms. The van der Waals surface area contributed by atoms with Crippen molar-refractivity contribution in [1.29, 1.82) is 0 Å². The van der Waals surface area contributed by atoms with E-state index in [2.05, 4.69) is 0 Å². The molecule has 0 atom stereocenters. The molecule has 3 nitrogen and oxygen atoms in total. The summed E-state index contributed by atoms with van der Waals surface area (Å²) in [7, 11) is 1.81. The Labute approximate surface area is 119 Å². The van der Waals surface area contributed by atoms with Gasteiger partial charge in [-0.05, 0) is 35.7 Å². The molecule has 1 N–H and O–H groups in total. The molecule has 2 aromatic rings. The van der Waals surface area contributed by atoms with Crippen molar-refractivity contribution >= 4 is 5.91 Å². The maximum absolute atomic E-state index is 12.2. The zero-order chi connectivity index (χ0) is 14.5. The fourth-order valence-electron chi connectivity index (χ4n) is 2.05. The number of nitrogens with zero attached hydrogens (tertiary/aromatic N) is 1. The van der Waals surface area contributed by atoms with E-state index in [0.29, 0.717) is 13.0 Å². The zero-order valence-corrected chi connectivity index (χ0v) is 11.8. The van der Waals surface area contributed by atoms with Crippen molar-refractivity contribution in [2.24, 2.45) is 0 Å². The lowest BCUT2D eigenvalue weighted by atomic mass is 10.1. The fraction of sp³-hybridized carbons (Fsp3) is 0.235. The second-order valence-electron chi connectivity index (χ2n) is 5.02. The van der Waals surface area contributed by atoms with Gasteiger partial charge in [-0.25, -0.2) is 0 Å². The highest BCUT2D eigenvalue weighted by molar-refractivity contribution is 5.78. The third-order valence-electron chi connectivity index (χ3n) is 3.39. The van der Waals surface area contributed by atoms with Crippen LogP contribution in [-0.4, -0.2) is 23.0 Å². The molecule has 0 aliphatic carbocycles. The summed E-state index contributed by atoms with van der Waals surface area (Å²) < 4.78 is 0. The molecular formula is C17H19NO2. The van der Waals surface area contributed by atoms with Crippen LogP contribution in [0.1, 0.15) is 16.7 Å². The number of carbonyl (C=O) groups excluding carboxylic acids is 1. The third-order valence-corrected chi connectivity index (χ3v) is 3.39. The van der Waals surface area contributed by atoms with E-state index >= 15 is 0 Å². The summed E-state index contributed by atoms with van der Waals surface area (Å²) in [5, 5.41) is 9.23. The van der Waals surface area contributed by atoms with Crippen LogP contribution >= 0.6 is 0 Å². The Hall–Kier alpha value is -2.29. The van der Waals surface area contributed by atoms with E-state index in [9.17, 15) is 9.90 Å². The molecule has 0 aliphatic heterocycles. The van der Waals surface area contributed by atoms with Crippen LogP contribution in [0.25, 0.3) is 0 Å². The second kappa shape index (κ2) is 6.24. The molecule has 0 radical (unpaired) electrons. The smallest absolute Gasteiger partial charge is 0.227 e. The standard InChI is InChI=1S/C17H19NO2/c1-13-5-3-4-6-15(13)12-18(2)17(20)11-14-7-9-16(19)10-8-14/h3-10,19H,11-12H2,1-2H3. The Morgan fingerprint density at radius 1 is 1.10 bits per heavy atom. The van der Waals surface area contributed by atoms with Gasteiger partial charge in [-0.2, -0.15) is 0 Å². The van der Waals surface area contributed by atoms with Gasteiger partial charge in [0.05, 0.1) is 6.42 Å². The van der Waals surface area contributed by atoms with Crippen molar-refractivity contribution < 1.29 is 9.90 Å². The Morgan fingerprint density at radius 2 is 1.75 bits per heavy atom. The number of likely N-dealkylation sites (N-methyl/N-ethyl adjacent to an activating group) is 1. The van der Waals surface area contributed by atoms with Gasteiger partial charge in [0, 0.05) is 13.6 Å². The van der Waals surface area contributed by atoms with Gasteiger partial charge in [-0.1, -0.05) is 36.4 Å². The van der Waals surface area contributed by atoms with Crippen molar-refractivity contribution in [3.05, 3.63) is 65.2 Å². The number of hydrogen-bond acceptors (Lipinski definition) is 2. The summed E-state index contributed by atoms with van der Waals surface area (Å²) >= 11 is 0. The number of benzene rings is 2. The Balaban J connectivity index is 1.99. The molecule has 0 saturated heterocycles. The van der Waals surface area contributed by atoms with E-state index < -0.39 is 0 Å². The Kier molecular flexibility index (Phi) is 4.41. The summed E-state index contributed by atoms with van der Waals surface area (Å²) in [6.07, 6.45) is 0.350. The van der Waals surface area contributed by atoms with Crippen LogP contribution in [0, 0.1) is 6.92 Å². The number of aryl methyl sites for hydroxylation is 1. The minimum absolute atomic E-state index is 0.0685. The third kappa shape index (κ3) is 3.60. The SMILES string of the molecule is Cc1ccccc1CN(C)C(=O)Cc1ccc(O)cc1. The largest absolute Gasteiger partial charge is 0.508 e. The molecule has 0 fully saturated rings. The Morgan fingerprint density at radius 3 is 2.40 bits per heavy atom. The van der Waals surface area contributed by atoms with E-state index in [0.717, 1.165) is 11.1 Å². The minimum atomic E-state index is 0.0685. The maximum atomic E-state index is 12.2. The molecule has 0 aromatic heterocycles.